The fourth-order valence-corrected chi connectivity index (χ4v) is 1.61. The smallest absolute Gasteiger partial charge is 0.323 e. The van der Waals surface area contributed by atoms with E-state index in [9.17, 15) is 0 Å². The number of nitrogens with one attached hydrogen (secondary N) is 2. The first-order valence-electron chi connectivity index (χ1n) is 6.51. The molecule has 18 heavy (non-hydrogen) atoms. The molecule has 0 spiro atoms. The Morgan fingerprint density at radius 1 is 1.28 bits per heavy atom. The van der Waals surface area contributed by atoms with Crippen molar-refractivity contribution in [1.29, 1.82) is 0 Å². The number of ether oxygens (including phenoxy) is 1. The van der Waals surface area contributed by atoms with E-state index in [0.29, 0.717) is 29.9 Å². The first-order valence-corrected chi connectivity index (χ1v) is 6.51. The van der Waals surface area contributed by atoms with E-state index in [0.717, 1.165) is 6.54 Å². The molecule has 1 fully saturated rings. The Bertz CT molecular complexity index is 409. The third kappa shape index (κ3) is 3.45. The van der Waals surface area contributed by atoms with Gasteiger partial charge < -0.3 is 15.4 Å². The van der Waals surface area contributed by atoms with Crippen LogP contribution in [0.15, 0.2) is 0 Å². The highest BCUT2D eigenvalue weighted by Crippen LogP contribution is 2.32. The second kappa shape index (κ2) is 5.37. The molecule has 2 atom stereocenters. The van der Waals surface area contributed by atoms with Crippen LogP contribution in [-0.4, -0.2) is 33.6 Å². The first-order chi connectivity index (χ1) is 8.58. The number of hydrogen-bond acceptors (Lipinski definition) is 6. The first kappa shape index (κ1) is 12.9. The van der Waals surface area contributed by atoms with Crippen LogP contribution in [0.5, 0.6) is 6.01 Å². The van der Waals surface area contributed by atoms with E-state index in [1.165, 1.54) is 6.42 Å². The molecule has 2 rings (SSSR count). The fraction of sp³-hybridized carbons (Fsp3) is 0.750. The summed E-state index contributed by atoms with van der Waals surface area (Å²) in [6.07, 6.45) is 1.22. The Hall–Kier alpha value is -1.59. The largest absolute Gasteiger partial charge is 0.461 e. The Morgan fingerprint density at radius 3 is 2.50 bits per heavy atom. The van der Waals surface area contributed by atoms with E-state index >= 15 is 0 Å². The van der Waals surface area contributed by atoms with E-state index in [1.807, 2.05) is 20.8 Å². The molecule has 100 valence electrons. The minimum atomic E-state index is 0.0505. The van der Waals surface area contributed by atoms with Gasteiger partial charge in [0.1, 0.15) is 0 Å². The van der Waals surface area contributed by atoms with Gasteiger partial charge in [-0.2, -0.15) is 15.0 Å². The zero-order chi connectivity index (χ0) is 13.1. The molecule has 0 bridgehead atoms. The Balaban J connectivity index is 2.13. The van der Waals surface area contributed by atoms with Gasteiger partial charge in [0.05, 0.1) is 6.10 Å². The number of hydrogen-bond donors (Lipinski definition) is 2. The topological polar surface area (TPSA) is 72.0 Å². The van der Waals surface area contributed by atoms with Crippen LogP contribution in [-0.2, 0) is 0 Å². The van der Waals surface area contributed by atoms with Crippen molar-refractivity contribution in [3.63, 3.8) is 0 Å². The maximum absolute atomic E-state index is 5.53. The quantitative estimate of drug-likeness (QED) is 0.804. The molecule has 2 N–H and O–H groups in total. The van der Waals surface area contributed by atoms with E-state index < -0.39 is 0 Å². The number of nitrogens with zero attached hydrogens (tertiary/aromatic N) is 3. The molecule has 1 aliphatic carbocycles. The van der Waals surface area contributed by atoms with Crippen molar-refractivity contribution in [1.82, 2.24) is 15.0 Å². The second-order valence-electron chi connectivity index (χ2n) is 4.93. The minimum Gasteiger partial charge on any atom is -0.461 e. The lowest BCUT2D eigenvalue weighted by Gasteiger charge is -2.11. The van der Waals surface area contributed by atoms with Crippen molar-refractivity contribution >= 4 is 11.9 Å². The van der Waals surface area contributed by atoms with Crippen LogP contribution in [0.1, 0.15) is 34.1 Å². The molecule has 0 radical (unpaired) electrons. The second-order valence-corrected chi connectivity index (χ2v) is 4.93. The van der Waals surface area contributed by atoms with Crippen LogP contribution in [0.25, 0.3) is 0 Å². The van der Waals surface area contributed by atoms with Gasteiger partial charge in [0.15, 0.2) is 0 Å². The van der Waals surface area contributed by atoms with Crippen LogP contribution in [0.3, 0.4) is 0 Å². The van der Waals surface area contributed by atoms with Gasteiger partial charge in [-0.25, -0.2) is 0 Å². The summed E-state index contributed by atoms with van der Waals surface area (Å²) in [6.45, 7) is 8.88. The normalized spacial score (nSPS) is 21.8. The van der Waals surface area contributed by atoms with E-state index in [1.54, 1.807) is 0 Å². The van der Waals surface area contributed by atoms with Crippen molar-refractivity contribution < 1.29 is 4.74 Å². The van der Waals surface area contributed by atoms with Crippen molar-refractivity contribution in [2.24, 2.45) is 5.92 Å². The zero-order valence-corrected chi connectivity index (χ0v) is 11.4. The van der Waals surface area contributed by atoms with Crippen molar-refractivity contribution in [2.75, 3.05) is 17.2 Å². The predicted octanol–water partition coefficient (Wildman–Crippen LogP) is 1.91. The molecule has 1 saturated carbocycles. The van der Waals surface area contributed by atoms with Gasteiger partial charge in [-0.3, -0.25) is 0 Å². The summed E-state index contributed by atoms with van der Waals surface area (Å²) in [4.78, 5) is 12.8. The summed E-state index contributed by atoms with van der Waals surface area (Å²) in [7, 11) is 0. The van der Waals surface area contributed by atoms with Crippen molar-refractivity contribution in [2.45, 2.75) is 46.3 Å². The average Bonchev–Trinajstić information content (AvgIpc) is 2.93. The molecule has 6 heteroatoms. The SMILES string of the molecule is CCNc1nc(NC2CC2C)nc(OC(C)C)n1. The Morgan fingerprint density at radius 2 is 1.94 bits per heavy atom. The van der Waals surface area contributed by atoms with Gasteiger partial charge in [0.25, 0.3) is 0 Å². The lowest BCUT2D eigenvalue weighted by Crippen LogP contribution is -2.15. The van der Waals surface area contributed by atoms with Crippen LogP contribution < -0.4 is 15.4 Å². The summed E-state index contributed by atoms with van der Waals surface area (Å²) in [5, 5.41) is 6.38. The van der Waals surface area contributed by atoms with E-state index in [2.05, 4.69) is 32.5 Å². The summed E-state index contributed by atoms with van der Waals surface area (Å²) in [6, 6.07) is 0.848. The maximum Gasteiger partial charge on any atom is 0.323 e. The molecular formula is C12H21N5O. The van der Waals surface area contributed by atoms with E-state index in [-0.39, 0.29) is 6.10 Å². The Kier molecular flexibility index (Phi) is 3.84. The molecule has 2 unspecified atom stereocenters. The number of aromatic nitrogens is 3. The van der Waals surface area contributed by atoms with Gasteiger partial charge in [-0.1, -0.05) is 6.92 Å². The minimum absolute atomic E-state index is 0.0505. The average molecular weight is 251 g/mol. The lowest BCUT2D eigenvalue weighted by atomic mass is 10.5. The fourth-order valence-electron chi connectivity index (χ4n) is 1.61. The maximum atomic E-state index is 5.53. The van der Waals surface area contributed by atoms with Gasteiger partial charge >= 0.3 is 6.01 Å². The summed E-state index contributed by atoms with van der Waals surface area (Å²) < 4.78 is 5.53. The summed E-state index contributed by atoms with van der Waals surface area (Å²) >= 11 is 0. The molecular weight excluding hydrogens is 230 g/mol. The molecule has 1 aliphatic rings. The molecule has 1 heterocycles. The van der Waals surface area contributed by atoms with Crippen LogP contribution in [0, 0.1) is 5.92 Å². The molecule has 6 nitrogen and oxygen atoms in total. The van der Waals surface area contributed by atoms with Gasteiger partial charge in [-0.15, -0.1) is 0 Å². The standard InChI is InChI=1S/C12H21N5O/c1-5-13-10-15-11(14-9-6-8(9)4)17-12(16-10)18-7(2)3/h7-9H,5-6H2,1-4H3,(H2,13,14,15,16,17). The van der Waals surface area contributed by atoms with Crippen LogP contribution in [0.4, 0.5) is 11.9 Å². The van der Waals surface area contributed by atoms with Crippen molar-refractivity contribution in [3.05, 3.63) is 0 Å². The highest BCUT2D eigenvalue weighted by Gasteiger charge is 2.33. The van der Waals surface area contributed by atoms with Crippen LogP contribution in [0.2, 0.25) is 0 Å². The predicted molar refractivity (Wildman–Crippen MR) is 70.9 cm³/mol. The summed E-state index contributed by atoms with van der Waals surface area (Å²) in [5.74, 6) is 1.84. The third-order valence-corrected chi connectivity index (χ3v) is 2.71. The molecule has 1 aromatic rings. The lowest BCUT2D eigenvalue weighted by molar-refractivity contribution is 0.222. The monoisotopic (exact) mass is 251 g/mol. The van der Waals surface area contributed by atoms with E-state index in [4.69, 9.17) is 4.74 Å². The number of anilines is 2. The molecule has 0 saturated heterocycles. The number of rotatable bonds is 6. The third-order valence-electron chi connectivity index (χ3n) is 2.71. The highest BCUT2D eigenvalue weighted by molar-refractivity contribution is 5.37. The zero-order valence-electron chi connectivity index (χ0n) is 11.4. The van der Waals surface area contributed by atoms with Crippen LogP contribution >= 0.6 is 0 Å². The molecule has 0 aromatic carbocycles. The molecule has 1 aromatic heterocycles. The van der Waals surface area contributed by atoms with Gasteiger partial charge in [0, 0.05) is 12.6 Å². The van der Waals surface area contributed by atoms with Gasteiger partial charge in [-0.05, 0) is 33.1 Å². The van der Waals surface area contributed by atoms with Crippen molar-refractivity contribution in [3.8, 4) is 6.01 Å². The Labute approximate surface area is 108 Å². The molecule has 0 amide bonds. The van der Waals surface area contributed by atoms with Gasteiger partial charge in [0.2, 0.25) is 11.9 Å². The summed E-state index contributed by atoms with van der Waals surface area (Å²) in [5.41, 5.74) is 0. The molecule has 0 aliphatic heterocycles. The highest BCUT2D eigenvalue weighted by atomic mass is 16.5.